The Hall–Kier alpha value is -3.92. The molecule has 3 aliphatic carbocycles. The molecule has 0 aliphatic heterocycles. The SMILES string of the molecule is CCN(CC)S(=O)(=O)c1ccc2nnc(CC3Cc4cccc(CCN(CC)S(=O)(=O)c5ccc6nnc(N[C@@H]7C[C@H]8CC[C@@H]7C8)n6c5)c4C3)n2c1. The van der Waals surface area contributed by atoms with Gasteiger partial charge in [0.2, 0.25) is 26.0 Å². The van der Waals surface area contributed by atoms with E-state index in [9.17, 15) is 16.8 Å². The molecule has 2 bridgehead atoms. The van der Waals surface area contributed by atoms with Crippen molar-refractivity contribution < 1.29 is 16.8 Å². The number of hydrogen-bond donors (Lipinski definition) is 1. The third-order valence-corrected chi connectivity index (χ3v) is 15.7. The number of nitrogens with one attached hydrogen (secondary N) is 1. The van der Waals surface area contributed by atoms with Crippen LogP contribution in [0, 0.1) is 17.8 Å². The topological polar surface area (TPSA) is 147 Å². The first-order chi connectivity index (χ1) is 25.1. The molecule has 52 heavy (non-hydrogen) atoms. The number of benzene rings is 1. The first-order valence-corrected chi connectivity index (χ1v) is 21.5. The normalized spacial score (nSPS) is 21.6. The molecule has 4 atom stereocenters. The van der Waals surface area contributed by atoms with Crippen molar-refractivity contribution in [3.8, 4) is 0 Å². The predicted molar refractivity (Wildman–Crippen MR) is 198 cm³/mol. The van der Waals surface area contributed by atoms with Gasteiger partial charge >= 0.3 is 0 Å². The number of likely N-dealkylation sites (N-methyl/N-ethyl adjacent to an activating group) is 1. The zero-order valence-electron chi connectivity index (χ0n) is 30.0. The molecular formula is C37H47N9O4S2. The molecule has 1 aromatic carbocycles. The Bertz CT molecular complexity index is 2340. The molecule has 1 unspecified atom stereocenters. The Morgan fingerprint density at radius 1 is 0.769 bits per heavy atom. The van der Waals surface area contributed by atoms with Crippen molar-refractivity contribution in [1.29, 1.82) is 0 Å². The average molecular weight is 746 g/mol. The second-order valence-corrected chi connectivity index (χ2v) is 18.5. The summed E-state index contributed by atoms with van der Waals surface area (Å²) in [5, 5.41) is 21.0. The largest absolute Gasteiger partial charge is 0.351 e. The third kappa shape index (κ3) is 6.28. The number of sulfonamides is 2. The van der Waals surface area contributed by atoms with Gasteiger partial charge in [0, 0.05) is 51.0 Å². The van der Waals surface area contributed by atoms with Crippen LogP contribution in [0.3, 0.4) is 0 Å². The lowest BCUT2D eigenvalue weighted by molar-refractivity contribution is 0.430. The molecule has 0 spiro atoms. The molecule has 0 amide bonds. The van der Waals surface area contributed by atoms with E-state index in [1.54, 1.807) is 49.8 Å². The van der Waals surface area contributed by atoms with Crippen molar-refractivity contribution in [2.75, 3.05) is 31.5 Å². The highest BCUT2D eigenvalue weighted by Crippen LogP contribution is 2.45. The Morgan fingerprint density at radius 3 is 2.15 bits per heavy atom. The van der Waals surface area contributed by atoms with Gasteiger partial charge in [-0.15, -0.1) is 20.4 Å². The highest BCUT2D eigenvalue weighted by molar-refractivity contribution is 7.89. The molecule has 1 N–H and O–H groups in total. The van der Waals surface area contributed by atoms with Crippen molar-refractivity contribution in [1.82, 2.24) is 37.8 Å². The highest BCUT2D eigenvalue weighted by Gasteiger charge is 2.40. The number of pyridine rings is 2. The molecule has 8 rings (SSSR count). The summed E-state index contributed by atoms with van der Waals surface area (Å²) in [6.45, 7) is 7.05. The highest BCUT2D eigenvalue weighted by atomic mass is 32.2. The van der Waals surface area contributed by atoms with Crippen LogP contribution in [0.2, 0.25) is 0 Å². The van der Waals surface area contributed by atoms with Crippen LogP contribution in [0.15, 0.2) is 64.6 Å². The molecule has 0 radical (unpaired) electrons. The standard InChI is InChI=1S/C37H47N9O4S2/c1-4-43(5-2)51(47,48)30-12-14-34-39-41-36(45(34)23-30)22-26-19-28-9-7-8-27(32(28)20-26)16-17-44(6-3)52(49,50)31-13-15-35-40-42-37(46(35)24-31)38-33-21-25-10-11-29(33)18-25/h7-9,12-15,23-26,29,33H,4-6,10-11,16-22H2,1-3H3,(H,38,42)/t25-,26?,29+,33+/m0/s1. The van der Waals surface area contributed by atoms with E-state index in [2.05, 4.69) is 43.9 Å². The van der Waals surface area contributed by atoms with E-state index in [1.807, 2.05) is 20.8 Å². The number of rotatable bonds is 14. The van der Waals surface area contributed by atoms with Gasteiger partial charge in [-0.1, -0.05) is 45.4 Å². The maximum Gasteiger partial charge on any atom is 0.244 e. The zero-order chi connectivity index (χ0) is 36.2. The van der Waals surface area contributed by atoms with Crippen LogP contribution in [0.1, 0.15) is 69.0 Å². The lowest BCUT2D eigenvalue weighted by Crippen LogP contribution is -2.33. The summed E-state index contributed by atoms with van der Waals surface area (Å²) in [7, 11) is -7.40. The summed E-state index contributed by atoms with van der Waals surface area (Å²) < 4.78 is 61.1. The second kappa shape index (κ2) is 13.8. The van der Waals surface area contributed by atoms with Crippen LogP contribution in [-0.4, -0.2) is 86.9 Å². The lowest BCUT2D eigenvalue weighted by Gasteiger charge is -2.23. The van der Waals surface area contributed by atoms with Gasteiger partial charge in [0.05, 0.1) is 9.79 Å². The smallest absolute Gasteiger partial charge is 0.244 e. The monoisotopic (exact) mass is 745 g/mol. The summed E-state index contributed by atoms with van der Waals surface area (Å²) in [6, 6.07) is 13.3. The van der Waals surface area contributed by atoms with Crippen LogP contribution in [0.25, 0.3) is 11.3 Å². The third-order valence-electron chi connectivity index (χ3n) is 11.7. The van der Waals surface area contributed by atoms with Crippen LogP contribution < -0.4 is 5.32 Å². The molecular weight excluding hydrogens is 699 g/mol. The molecule has 2 fully saturated rings. The fraction of sp³-hybridized carbons (Fsp3) is 0.514. The molecule has 13 nitrogen and oxygen atoms in total. The zero-order valence-corrected chi connectivity index (χ0v) is 31.7. The summed E-state index contributed by atoms with van der Waals surface area (Å²) in [5.74, 6) is 3.02. The summed E-state index contributed by atoms with van der Waals surface area (Å²) in [6.07, 6.45) is 11.2. The summed E-state index contributed by atoms with van der Waals surface area (Å²) in [4.78, 5) is 0.455. The number of fused-ring (bicyclic) bond motifs is 5. The molecule has 4 aromatic heterocycles. The Balaban J connectivity index is 0.961. The number of hydrogen-bond acceptors (Lipinski definition) is 9. The Labute approximate surface area is 305 Å². The van der Waals surface area contributed by atoms with E-state index in [-0.39, 0.29) is 15.7 Å². The fourth-order valence-electron chi connectivity index (χ4n) is 8.93. The average Bonchev–Trinajstić information content (AvgIpc) is 3.99. The van der Waals surface area contributed by atoms with Gasteiger partial charge in [-0.25, -0.2) is 16.8 Å². The van der Waals surface area contributed by atoms with E-state index >= 15 is 0 Å². The number of aromatic nitrogens is 6. The van der Waals surface area contributed by atoms with Gasteiger partial charge in [0.25, 0.3) is 0 Å². The molecule has 15 heteroatoms. The van der Waals surface area contributed by atoms with E-state index in [0.717, 1.165) is 36.6 Å². The first-order valence-electron chi connectivity index (χ1n) is 18.6. The predicted octanol–water partition coefficient (Wildman–Crippen LogP) is 4.61. The number of anilines is 1. The summed E-state index contributed by atoms with van der Waals surface area (Å²) in [5.41, 5.74) is 4.91. The number of nitrogens with zero attached hydrogens (tertiary/aromatic N) is 8. The van der Waals surface area contributed by atoms with Crippen molar-refractivity contribution in [3.05, 3.63) is 77.4 Å². The van der Waals surface area contributed by atoms with Crippen LogP contribution in [0.5, 0.6) is 0 Å². The van der Waals surface area contributed by atoms with Gasteiger partial charge in [0.1, 0.15) is 5.82 Å². The fourth-order valence-corrected chi connectivity index (χ4v) is 11.8. The van der Waals surface area contributed by atoms with Crippen molar-refractivity contribution >= 4 is 37.3 Å². The molecule has 5 aromatic rings. The van der Waals surface area contributed by atoms with E-state index < -0.39 is 20.0 Å². The van der Waals surface area contributed by atoms with Crippen LogP contribution >= 0.6 is 0 Å². The van der Waals surface area contributed by atoms with Crippen LogP contribution in [-0.2, 0) is 45.7 Å². The van der Waals surface area contributed by atoms with E-state index in [4.69, 9.17) is 0 Å². The summed E-state index contributed by atoms with van der Waals surface area (Å²) >= 11 is 0. The quantitative estimate of drug-likeness (QED) is 0.172. The molecule has 276 valence electrons. The van der Waals surface area contributed by atoms with Crippen molar-refractivity contribution in [2.24, 2.45) is 17.8 Å². The van der Waals surface area contributed by atoms with E-state index in [0.29, 0.717) is 68.2 Å². The van der Waals surface area contributed by atoms with Crippen molar-refractivity contribution in [3.63, 3.8) is 0 Å². The van der Waals surface area contributed by atoms with Gasteiger partial charge in [0.15, 0.2) is 11.3 Å². The minimum Gasteiger partial charge on any atom is -0.351 e. The second-order valence-electron chi connectivity index (χ2n) is 14.6. The van der Waals surface area contributed by atoms with E-state index in [1.165, 1.54) is 34.7 Å². The van der Waals surface area contributed by atoms with Gasteiger partial charge < -0.3 is 5.32 Å². The van der Waals surface area contributed by atoms with Gasteiger partial charge in [-0.2, -0.15) is 8.61 Å². The minimum atomic E-state index is -3.78. The minimum absolute atomic E-state index is 0.226. The van der Waals surface area contributed by atoms with Gasteiger partial charge in [-0.3, -0.25) is 8.80 Å². The Morgan fingerprint density at radius 2 is 1.46 bits per heavy atom. The maximum atomic E-state index is 14.0. The van der Waals surface area contributed by atoms with Crippen molar-refractivity contribution in [2.45, 2.75) is 88.0 Å². The van der Waals surface area contributed by atoms with Crippen LogP contribution in [0.4, 0.5) is 5.95 Å². The molecule has 3 aliphatic rings. The maximum absolute atomic E-state index is 14.0. The Kier molecular flexibility index (Phi) is 9.33. The molecule has 2 saturated carbocycles. The first kappa shape index (κ1) is 35.1. The lowest BCUT2D eigenvalue weighted by atomic mass is 9.95. The molecule has 4 heterocycles. The molecule has 0 saturated heterocycles. The van der Waals surface area contributed by atoms with Gasteiger partial charge in [-0.05, 0) is 97.2 Å².